The van der Waals surface area contributed by atoms with Crippen molar-refractivity contribution in [1.82, 2.24) is 0 Å². The van der Waals surface area contributed by atoms with Crippen molar-refractivity contribution in [2.24, 2.45) is 0 Å². The van der Waals surface area contributed by atoms with Crippen LogP contribution in [-0.2, 0) is 16.0 Å². The molecule has 0 aliphatic rings. The van der Waals surface area contributed by atoms with Crippen molar-refractivity contribution >= 4 is 5.97 Å². The van der Waals surface area contributed by atoms with Crippen LogP contribution >= 0.6 is 0 Å². The molecule has 1 N–H and O–H groups in total. The standard InChI is InChI=1S/C16H24O4/c1-4-19-15(18)16(2,3)20-14-11-6-5-9-13(14)10-7-8-12-17/h5-6,9,11,17H,4,7-8,10,12H2,1-3H3. The summed E-state index contributed by atoms with van der Waals surface area (Å²) in [4.78, 5) is 11.9. The molecule has 0 atom stereocenters. The third kappa shape index (κ3) is 4.85. The molecule has 0 radical (unpaired) electrons. The van der Waals surface area contributed by atoms with Gasteiger partial charge in [-0.3, -0.25) is 0 Å². The van der Waals surface area contributed by atoms with Gasteiger partial charge >= 0.3 is 5.97 Å². The fraction of sp³-hybridized carbons (Fsp3) is 0.562. The Morgan fingerprint density at radius 2 is 1.95 bits per heavy atom. The van der Waals surface area contributed by atoms with E-state index in [0.717, 1.165) is 24.8 Å². The molecule has 0 unspecified atom stereocenters. The third-order valence-electron chi connectivity index (χ3n) is 2.96. The molecule has 4 nitrogen and oxygen atoms in total. The molecular weight excluding hydrogens is 256 g/mol. The van der Waals surface area contributed by atoms with Gasteiger partial charge in [0.2, 0.25) is 0 Å². The highest BCUT2D eigenvalue weighted by Crippen LogP contribution is 2.25. The molecular formula is C16H24O4. The van der Waals surface area contributed by atoms with Crippen LogP contribution in [0.1, 0.15) is 39.2 Å². The molecule has 0 aliphatic heterocycles. The van der Waals surface area contributed by atoms with Gasteiger partial charge in [-0.1, -0.05) is 18.2 Å². The summed E-state index contributed by atoms with van der Waals surface area (Å²) in [5.74, 6) is 0.327. The fourth-order valence-corrected chi connectivity index (χ4v) is 1.86. The average Bonchev–Trinajstić information content (AvgIpc) is 2.41. The summed E-state index contributed by atoms with van der Waals surface area (Å²) >= 11 is 0. The first-order chi connectivity index (χ1) is 9.51. The summed E-state index contributed by atoms with van der Waals surface area (Å²) in [6.07, 6.45) is 2.46. The average molecular weight is 280 g/mol. The van der Waals surface area contributed by atoms with Gasteiger partial charge in [-0.15, -0.1) is 0 Å². The Morgan fingerprint density at radius 3 is 2.60 bits per heavy atom. The highest BCUT2D eigenvalue weighted by atomic mass is 16.6. The number of ether oxygens (including phenoxy) is 2. The fourth-order valence-electron chi connectivity index (χ4n) is 1.86. The maximum atomic E-state index is 11.9. The summed E-state index contributed by atoms with van der Waals surface area (Å²) < 4.78 is 10.9. The van der Waals surface area contributed by atoms with Crippen LogP contribution in [-0.4, -0.2) is 29.9 Å². The first-order valence-corrected chi connectivity index (χ1v) is 7.06. The monoisotopic (exact) mass is 280 g/mol. The van der Waals surface area contributed by atoms with E-state index in [4.69, 9.17) is 14.6 Å². The van der Waals surface area contributed by atoms with Crippen LogP contribution in [0.15, 0.2) is 24.3 Å². The number of rotatable bonds is 8. The maximum absolute atomic E-state index is 11.9. The van der Waals surface area contributed by atoms with Crippen LogP contribution in [0.3, 0.4) is 0 Å². The molecule has 0 fully saturated rings. The lowest BCUT2D eigenvalue weighted by Gasteiger charge is -2.25. The number of aliphatic hydroxyl groups excluding tert-OH is 1. The third-order valence-corrected chi connectivity index (χ3v) is 2.96. The van der Waals surface area contributed by atoms with E-state index < -0.39 is 5.60 Å². The summed E-state index contributed by atoms with van der Waals surface area (Å²) in [6.45, 7) is 5.71. The molecule has 0 saturated heterocycles. The molecule has 0 aromatic heterocycles. The SMILES string of the molecule is CCOC(=O)C(C)(C)Oc1ccccc1CCCCO. The Bertz CT molecular complexity index is 426. The number of hydrogen-bond acceptors (Lipinski definition) is 4. The van der Waals surface area contributed by atoms with Gasteiger partial charge in [-0.05, 0) is 51.7 Å². The van der Waals surface area contributed by atoms with Crippen molar-refractivity contribution in [2.45, 2.75) is 45.6 Å². The summed E-state index contributed by atoms with van der Waals surface area (Å²) in [6, 6.07) is 7.66. The molecule has 0 spiro atoms. The van der Waals surface area contributed by atoms with Crippen molar-refractivity contribution in [3.8, 4) is 5.75 Å². The number of unbranched alkanes of at least 4 members (excludes halogenated alkanes) is 1. The Hall–Kier alpha value is -1.55. The van der Waals surface area contributed by atoms with Gasteiger partial charge in [0.25, 0.3) is 0 Å². The second kappa shape index (κ2) is 7.90. The zero-order chi connectivity index (χ0) is 15.0. The van der Waals surface area contributed by atoms with Crippen molar-refractivity contribution in [1.29, 1.82) is 0 Å². The highest BCUT2D eigenvalue weighted by molar-refractivity contribution is 5.79. The molecule has 0 saturated carbocycles. The lowest BCUT2D eigenvalue weighted by atomic mass is 10.1. The molecule has 112 valence electrons. The lowest BCUT2D eigenvalue weighted by molar-refractivity contribution is -0.158. The van der Waals surface area contributed by atoms with Crippen molar-refractivity contribution in [3.63, 3.8) is 0 Å². The second-order valence-corrected chi connectivity index (χ2v) is 5.12. The van der Waals surface area contributed by atoms with Gasteiger partial charge in [0.15, 0.2) is 5.60 Å². The van der Waals surface area contributed by atoms with E-state index >= 15 is 0 Å². The quantitative estimate of drug-likeness (QED) is 0.587. The molecule has 0 bridgehead atoms. The van der Waals surface area contributed by atoms with Gasteiger partial charge in [0.05, 0.1) is 6.61 Å². The van der Waals surface area contributed by atoms with E-state index in [-0.39, 0.29) is 12.6 Å². The molecule has 1 aromatic carbocycles. The first kappa shape index (κ1) is 16.5. The normalized spacial score (nSPS) is 11.2. The zero-order valence-corrected chi connectivity index (χ0v) is 12.5. The molecule has 0 aliphatic carbocycles. The van der Waals surface area contributed by atoms with Gasteiger partial charge in [0, 0.05) is 6.61 Å². The number of benzene rings is 1. The van der Waals surface area contributed by atoms with Gasteiger partial charge in [-0.25, -0.2) is 4.79 Å². The summed E-state index contributed by atoms with van der Waals surface area (Å²) in [7, 11) is 0. The predicted octanol–water partition coefficient (Wildman–Crippen LogP) is 2.72. The van der Waals surface area contributed by atoms with Crippen molar-refractivity contribution in [3.05, 3.63) is 29.8 Å². The molecule has 4 heteroatoms. The van der Waals surface area contributed by atoms with Crippen LogP contribution in [0.5, 0.6) is 5.75 Å². The molecule has 1 aromatic rings. The number of esters is 1. The Kier molecular flexibility index (Phi) is 6.52. The lowest BCUT2D eigenvalue weighted by Crippen LogP contribution is -2.40. The van der Waals surface area contributed by atoms with Crippen LogP contribution in [0.4, 0.5) is 0 Å². The number of carbonyl (C=O) groups excluding carboxylic acids is 1. The van der Waals surface area contributed by atoms with Crippen LogP contribution in [0, 0.1) is 0 Å². The molecule has 20 heavy (non-hydrogen) atoms. The van der Waals surface area contributed by atoms with Crippen LogP contribution in [0.2, 0.25) is 0 Å². The summed E-state index contributed by atoms with van der Waals surface area (Å²) in [5.41, 5.74) is 0.0293. The predicted molar refractivity (Wildman–Crippen MR) is 77.8 cm³/mol. The topological polar surface area (TPSA) is 55.8 Å². The summed E-state index contributed by atoms with van der Waals surface area (Å²) in [5, 5.41) is 8.84. The highest BCUT2D eigenvalue weighted by Gasteiger charge is 2.32. The van der Waals surface area contributed by atoms with E-state index in [1.165, 1.54) is 0 Å². The van der Waals surface area contributed by atoms with E-state index in [1.54, 1.807) is 20.8 Å². The molecule has 0 heterocycles. The number of aryl methyl sites for hydroxylation is 1. The number of carbonyl (C=O) groups is 1. The van der Waals surface area contributed by atoms with E-state index in [1.807, 2.05) is 24.3 Å². The Balaban J connectivity index is 2.78. The minimum absolute atomic E-state index is 0.192. The van der Waals surface area contributed by atoms with Gasteiger partial charge in [-0.2, -0.15) is 0 Å². The van der Waals surface area contributed by atoms with E-state index in [0.29, 0.717) is 12.4 Å². The van der Waals surface area contributed by atoms with Crippen LogP contribution in [0.25, 0.3) is 0 Å². The minimum atomic E-state index is -1.01. The molecule has 1 rings (SSSR count). The zero-order valence-electron chi connectivity index (χ0n) is 12.5. The smallest absolute Gasteiger partial charge is 0.349 e. The van der Waals surface area contributed by atoms with Crippen molar-refractivity contribution in [2.75, 3.05) is 13.2 Å². The van der Waals surface area contributed by atoms with Gasteiger partial charge in [0.1, 0.15) is 5.75 Å². The van der Waals surface area contributed by atoms with E-state index in [9.17, 15) is 4.79 Å². The van der Waals surface area contributed by atoms with Crippen molar-refractivity contribution < 1.29 is 19.4 Å². The van der Waals surface area contributed by atoms with Crippen LogP contribution < -0.4 is 4.74 Å². The maximum Gasteiger partial charge on any atom is 0.349 e. The minimum Gasteiger partial charge on any atom is -0.476 e. The molecule has 0 amide bonds. The van der Waals surface area contributed by atoms with Gasteiger partial charge < -0.3 is 14.6 Å². The largest absolute Gasteiger partial charge is 0.476 e. The number of para-hydroxylation sites is 1. The second-order valence-electron chi connectivity index (χ2n) is 5.12. The Morgan fingerprint density at radius 1 is 1.25 bits per heavy atom. The number of hydrogen-bond donors (Lipinski definition) is 1. The number of aliphatic hydroxyl groups is 1. The first-order valence-electron chi connectivity index (χ1n) is 7.06. The Labute approximate surface area is 120 Å². The van der Waals surface area contributed by atoms with E-state index in [2.05, 4.69) is 0 Å².